The number of fused-ring (bicyclic) bond motifs is 3. The molecular formula is C21H23N3O7. The Morgan fingerprint density at radius 1 is 1.16 bits per heavy atom. The predicted octanol–water partition coefficient (Wildman–Crippen LogP) is -1.55. The average molecular weight is 429 g/mol. The highest BCUT2D eigenvalue weighted by molar-refractivity contribution is 6.32. The van der Waals surface area contributed by atoms with Crippen LogP contribution in [0.2, 0.25) is 0 Å². The summed E-state index contributed by atoms with van der Waals surface area (Å²) in [5.41, 5.74) is 8.60. The highest BCUT2D eigenvalue weighted by atomic mass is 16.3. The fraction of sp³-hybridized carbons (Fsp3) is 0.476. The van der Waals surface area contributed by atoms with Gasteiger partial charge in [0.2, 0.25) is 5.91 Å². The van der Waals surface area contributed by atoms with Gasteiger partial charge in [-0.15, -0.1) is 0 Å². The van der Waals surface area contributed by atoms with Gasteiger partial charge in [0, 0.05) is 5.92 Å². The van der Waals surface area contributed by atoms with Crippen LogP contribution in [-0.4, -0.2) is 69.9 Å². The van der Waals surface area contributed by atoms with Crippen LogP contribution >= 0.6 is 0 Å². The van der Waals surface area contributed by atoms with Gasteiger partial charge in [-0.05, 0) is 44.5 Å². The molecule has 31 heavy (non-hydrogen) atoms. The average Bonchev–Trinajstić information content (AvgIpc) is 2.67. The van der Waals surface area contributed by atoms with E-state index in [2.05, 4.69) is 0 Å². The van der Waals surface area contributed by atoms with E-state index in [0.29, 0.717) is 5.56 Å². The molecule has 1 aromatic carbocycles. The molecule has 2 fully saturated rings. The highest BCUT2D eigenvalue weighted by Gasteiger charge is 2.69. The highest BCUT2D eigenvalue weighted by Crippen LogP contribution is 2.50. The second-order valence-corrected chi connectivity index (χ2v) is 8.83. The van der Waals surface area contributed by atoms with Gasteiger partial charge >= 0.3 is 0 Å². The lowest BCUT2D eigenvalue weighted by molar-refractivity contribution is -0.181. The third kappa shape index (κ3) is 2.61. The Bertz CT molecular complexity index is 1070. The fourth-order valence-corrected chi connectivity index (χ4v) is 5.60. The molecule has 6 N–H and O–H groups in total. The number of likely N-dealkylation sites (N-methyl/N-ethyl adjacent to an activating group) is 1. The summed E-state index contributed by atoms with van der Waals surface area (Å²) in [4.78, 5) is 66.0. The maximum atomic E-state index is 13.5. The first kappa shape index (κ1) is 21.1. The van der Waals surface area contributed by atoms with E-state index in [1.807, 2.05) is 0 Å². The first-order valence-electron chi connectivity index (χ1n) is 9.87. The van der Waals surface area contributed by atoms with Crippen molar-refractivity contribution in [2.45, 2.75) is 24.5 Å². The van der Waals surface area contributed by atoms with Crippen LogP contribution in [-0.2, 0) is 25.6 Å². The fourth-order valence-electron chi connectivity index (χ4n) is 5.60. The number of benzene rings is 1. The van der Waals surface area contributed by atoms with E-state index in [4.69, 9.17) is 11.5 Å². The first-order valence-corrected chi connectivity index (χ1v) is 9.87. The lowest BCUT2D eigenvalue weighted by Gasteiger charge is -2.52. The van der Waals surface area contributed by atoms with Crippen molar-refractivity contribution in [3.05, 3.63) is 23.3 Å². The molecule has 3 aliphatic rings. The zero-order valence-electron chi connectivity index (χ0n) is 17.0. The molecule has 2 saturated carbocycles. The van der Waals surface area contributed by atoms with Crippen LogP contribution in [0.4, 0.5) is 5.69 Å². The molecule has 0 spiro atoms. The van der Waals surface area contributed by atoms with Gasteiger partial charge in [0.15, 0.2) is 34.7 Å². The summed E-state index contributed by atoms with van der Waals surface area (Å²) in [5.74, 6) is -10.7. The lowest BCUT2D eigenvalue weighted by atomic mass is 9.52. The molecule has 0 radical (unpaired) electrons. The number of hydrogen-bond acceptors (Lipinski definition) is 9. The van der Waals surface area contributed by atoms with Gasteiger partial charge in [0.05, 0.1) is 23.2 Å². The smallest absolute Gasteiger partial charge is 0.235 e. The Hall–Kier alpha value is -3.11. The molecular weight excluding hydrogens is 406 g/mol. The maximum Gasteiger partial charge on any atom is 0.235 e. The largest absolute Gasteiger partial charge is 0.505 e. The number of rotatable bonds is 2. The van der Waals surface area contributed by atoms with E-state index >= 15 is 0 Å². The predicted molar refractivity (Wildman–Crippen MR) is 106 cm³/mol. The van der Waals surface area contributed by atoms with Crippen molar-refractivity contribution in [3.63, 3.8) is 0 Å². The molecule has 1 aromatic rings. The Morgan fingerprint density at radius 2 is 1.81 bits per heavy atom. The number of nitrogens with two attached hydrogens (primary N) is 2. The van der Waals surface area contributed by atoms with Crippen molar-refractivity contribution >= 4 is 34.7 Å². The zero-order chi connectivity index (χ0) is 23.0. The van der Waals surface area contributed by atoms with Crippen LogP contribution in [0.5, 0.6) is 5.75 Å². The Balaban J connectivity index is 1.87. The van der Waals surface area contributed by atoms with E-state index in [1.165, 1.54) is 25.1 Å². The van der Waals surface area contributed by atoms with Crippen LogP contribution in [0, 0.1) is 23.7 Å². The van der Waals surface area contributed by atoms with Crippen molar-refractivity contribution < 1.29 is 34.2 Å². The second-order valence-electron chi connectivity index (χ2n) is 8.83. The van der Waals surface area contributed by atoms with Crippen LogP contribution in [0.3, 0.4) is 0 Å². The normalized spacial score (nSPS) is 34.9. The third-order valence-electron chi connectivity index (χ3n) is 6.97. The molecule has 10 heteroatoms. The van der Waals surface area contributed by atoms with Gasteiger partial charge in [-0.2, -0.15) is 0 Å². The number of primary amides is 1. The third-order valence-corrected chi connectivity index (χ3v) is 6.97. The number of ketones is 4. The number of anilines is 1. The van der Waals surface area contributed by atoms with Crippen molar-refractivity contribution in [2.24, 2.45) is 29.4 Å². The van der Waals surface area contributed by atoms with Gasteiger partial charge in [0.25, 0.3) is 0 Å². The minimum atomic E-state index is -2.72. The summed E-state index contributed by atoms with van der Waals surface area (Å²) in [7, 11) is 3.07. The van der Waals surface area contributed by atoms with Crippen LogP contribution < -0.4 is 11.5 Å². The molecule has 6 atom stereocenters. The summed E-state index contributed by atoms with van der Waals surface area (Å²) in [6.45, 7) is 0. The first-order chi connectivity index (χ1) is 14.4. The minimum Gasteiger partial charge on any atom is -0.505 e. The van der Waals surface area contributed by atoms with Crippen molar-refractivity contribution in [2.75, 3.05) is 19.8 Å². The summed E-state index contributed by atoms with van der Waals surface area (Å²) in [6, 6.07) is 1.94. The van der Waals surface area contributed by atoms with E-state index < -0.39 is 70.1 Å². The van der Waals surface area contributed by atoms with E-state index in [0.717, 1.165) is 0 Å². The molecule has 5 unspecified atom stereocenters. The number of amides is 1. The lowest BCUT2D eigenvalue weighted by Crippen LogP contribution is -2.74. The monoisotopic (exact) mass is 429 g/mol. The molecule has 0 heterocycles. The molecule has 0 aliphatic heterocycles. The zero-order valence-corrected chi connectivity index (χ0v) is 17.0. The minimum absolute atomic E-state index is 0.0229. The molecule has 0 aromatic heterocycles. The summed E-state index contributed by atoms with van der Waals surface area (Å²) in [6.07, 6.45) is 0.245. The van der Waals surface area contributed by atoms with E-state index in [-0.39, 0.29) is 24.1 Å². The van der Waals surface area contributed by atoms with Gasteiger partial charge in [0.1, 0.15) is 5.75 Å². The molecule has 10 nitrogen and oxygen atoms in total. The number of carbonyl (C=O) groups excluding carboxylic acids is 5. The molecule has 164 valence electrons. The molecule has 1 amide bonds. The Kier molecular flexibility index (Phi) is 4.56. The summed E-state index contributed by atoms with van der Waals surface area (Å²) >= 11 is 0. The number of phenolic OH excluding ortho intramolecular Hbond substituents is 1. The molecule has 3 aliphatic carbocycles. The summed E-state index contributed by atoms with van der Waals surface area (Å²) < 4.78 is 0. The number of Topliss-reactive ketones (excluding diaryl/α,β-unsaturated/α-hetero) is 4. The van der Waals surface area contributed by atoms with Crippen LogP contribution in [0.25, 0.3) is 0 Å². The number of aliphatic hydroxyl groups is 1. The summed E-state index contributed by atoms with van der Waals surface area (Å²) in [5, 5.41) is 21.7. The van der Waals surface area contributed by atoms with Crippen LogP contribution in [0.15, 0.2) is 12.1 Å². The number of aromatic hydroxyl groups is 1. The van der Waals surface area contributed by atoms with Gasteiger partial charge in [-0.3, -0.25) is 28.9 Å². The van der Waals surface area contributed by atoms with Crippen LogP contribution in [0.1, 0.15) is 22.3 Å². The number of hydrogen-bond donors (Lipinski definition) is 4. The SMILES string of the molecule is CN(C)C1C(=O)C(C(N)=O)C(=O)[C@@]2(O)C(=O)C3C(=O)c4c(ccc(N)c4O)CC3CC12. The topological polar surface area (TPSA) is 181 Å². The number of phenols is 1. The Morgan fingerprint density at radius 3 is 2.39 bits per heavy atom. The van der Waals surface area contributed by atoms with Crippen molar-refractivity contribution in [3.8, 4) is 5.75 Å². The standard InChI is InChI=1S/C21H23N3O7/c1-24(2)14-9-6-8-5-7-3-4-10(22)15(25)11(7)16(26)12(8)18(28)21(9,31)19(29)13(17(14)27)20(23)30/h3-4,8-9,12-14,25,31H,5-6,22H2,1-2H3,(H2,23,30)/t8?,9?,12?,13?,14?,21-/m0/s1. The number of nitrogen functional groups attached to an aromatic ring is 1. The van der Waals surface area contributed by atoms with Gasteiger partial charge in [-0.1, -0.05) is 6.07 Å². The molecule has 0 saturated heterocycles. The maximum absolute atomic E-state index is 13.5. The number of nitrogens with zero attached hydrogens (tertiary/aromatic N) is 1. The van der Waals surface area contributed by atoms with Gasteiger partial charge in [-0.25, -0.2) is 0 Å². The van der Waals surface area contributed by atoms with E-state index in [1.54, 1.807) is 6.07 Å². The number of carbonyl (C=O) groups is 5. The van der Waals surface area contributed by atoms with E-state index in [9.17, 15) is 34.2 Å². The van der Waals surface area contributed by atoms with Crippen molar-refractivity contribution in [1.82, 2.24) is 4.90 Å². The van der Waals surface area contributed by atoms with Gasteiger partial charge < -0.3 is 21.7 Å². The van der Waals surface area contributed by atoms with Crippen molar-refractivity contribution in [1.29, 1.82) is 0 Å². The Labute approximate surface area is 177 Å². The molecule has 0 bridgehead atoms. The molecule has 4 rings (SSSR count). The quantitative estimate of drug-likeness (QED) is 0.246. The second kappa shape index (κ2) is 6.69.